The molecule has 1 rings (SSSR count). The van der Waals surface area contributed by atoms with Gasteiger partial charge in [-0.25, -0.2) is 0 Å². The highest BCUT2D eigenvalue weighted by molar-refractivity contribution is 8.00. The molecule has 4 nitrogen and oxygen atoms in total. The lowest BCUT2D eigenvalue weighted by Crippen LogP contribution is -2.44. The van der Waals surface area contributed by atoms with Gasteiger partial charge in [-0.15, -0.1) is 0 Å². The largest absolute Gasteiger partial charge is 0.480 e. The van der Waals surface area contributed by atoms with Crippen LogP contribution in [0.5, 0.6) is 0 Å². The van der Waals surface area contributed by atoms with E-state index in [1.807, 2.05) is 13.8 Å². The lowest BCUT2D eigenvalue weighted by Gasteiger charge is -2.27. The molecule has 0 spiro atoms. The van der Waals surface area contributed by atoms with Gasteiger partial charge in [-0.2, -0.15) is 11.8 Å². The lowest BCUT2D eigenvalue weighted by molar-refractivity contribution is -0.139. The summed E-state index contributed by atoms with van der Waals surface area (Å²) in [4.78, 5) is 10.8. The Labute approximate surface area is 88.4 Å². The third kappa shape index (κ3) is 3.86. The van der Waals surface area contributed by atoms with Gasteiger partial charge in [0.2, 0.25) is 0 Å². The molecule has 0 amide bonds. The van der Waals surface area contributed by atoms with Gasteiger partial charge in [-0.3, -0.25) is 4.79 Å². The molecule has 0 aromatic rings. The van der Waals surface area contributed by atoms with Crippen LogP contribution in [0.1, 0.15) is 13.8 Å². The van der Waals surface area contributed by atoms with Crippen molar-refractivity contribution in [1.29, 1.82) is 0 Å². The van der Waals surface area contributed by atoms with Crippen LogP contribution in [0.3, 0.4) is 0 Å². The van der Waals surface area contributed by atoms with Crippen molar-refractivity contribution in [3.05, 3.63) is 0 Å². The van der Waals surface area contributed by atoms with Crippen LogP contribution in [0.4, 0.5) is 0 Å². The Morgan fingerprint density at radius 3 is 2.64 bits per heavy atom. The first-order chi connectivity index (χ1) is 6.59. The first-order valence-corrected chi connectivity index (χ1v) is 5.82. The van der Waals surface area contributed by atoms with Crippen LogP contribution in [0.2, 0.25) is 0 Å². The number of carboxylic acids is 1. The summed E-state index contributed by atoms with van der Waals surface area (Å²) in [6.45, 7) is 5.43. The van der Waals surface area contributed by atoms with Gasteiger partial charge >= 0.3 is 5.97 Å². The topological polar surface area (TPSA) is 58.6 Å². The predicted octanol–water partition coefficient (Wildman–Crippen LogP) is 0.570. The van der Waals surface area contributed by atoms with Crippen LogP contribution in [0.25, 0.3) is 0 Å². The van der Waals surface area contributed by atoms with Crippen molar-refractivity contribution in [2.24, 2.45) is 0 Å². The van der Waals surface area contributed by atoms with Crippen LogP contribution in [0, 0.1) is 0 Å². The molecule has 1 heterocycles. The summed E-state index contributed by atoms with van der Waals surface area (Å²) in [6.07, 6.45) is 0. The second-order valence-electron chi connectivity index (χ2n) is 3.70. The highest BCUT2D eigenvalue weighted by Gasteiger charge is 2.24. The normalized spacial score (nSPS) is 19.4. The van der Waals surface area contributed by atoms with Crippen molar-refractivity contribution < 1.29 is 14.6 Å². The van der Waals surface area contributed by atoms with Crippen LogP contribution in [0.15, 0.2) is 0 Å². The van der Waals surface area contributed by atoms with Crippen molar-refractivity contribution in [2.45, 2.75) is 31.2 Å². The minimum atomic E-state index is -0.772. The summed E-state index contributed by atoms with van der Waals surface area (Å²) in [5, 5.41) is 12.4. The van der Waals surface area contributed by atoms with Gasteiger partial charge in [-0.05, 0) is 0 Å². The number of rotatable bonds is 6. The van der Waals surface area contributed by atoms with Gasteiger partial charge in [0.05, 0.1) is 18.5 Å². The molecule has 1 aliphatic heterocycles. The molecule has 82 valence electrons. The number of thioether (sulfide) groups is 1. The monoisotopic (exact) mass is 219 g/mol. The average molecular weight is 219 g/mol. The number of ether oxygens (including phenoxy) is 1. The number of hydrogen-bond donors (Lipinski definition) is 2. The molecular weight excluding hydrogens is 202 g/mol. The first kappa shape index (κ1) is 11.8. The van der Waals surface area contributed by atoms with Crippen LogP contribution >= 0.6 is 11.8 Å². The number of hydrogen-bond acceptors (Lipinski definition) is 4. The molecule has 1 unspecified atom stereocenters. The predicted molar refractivity (Wildman–Crippen MR) is 56.8 cm³/mol. The maximum Gasteiger partial charge on any atom is 0.321 e. The Morgan fingerprint density at radius 2 is 2.29 bits per heavy atom. The van der Waals surface area contributed by atoms with Gasteiger partial charge in [0.1, 0.15) is 6.04 Å². The summed E-state index contributed by atoms with van der Waals surface area (Å²) < 4.78 is 5.02. The van der Waals surface area contributed by atoms with E-state index in [1.54, 1.807) is 11.8 Å². The number of carbonyl (C=O) groups is 1. The zero-order chi connectivity index (χ0) is 10.6. The summed E-state index contributed by atoms with van der Waals surface area (Å²) in [5.74, 6) is -0.159. The van der Waals surface area contributed by atoms with E-state index in [9.17, 15) is 4.79 Å². The molecule has 0 aromatic heterocycles. The molecule has 0 aliphatic carbocycles. The van der Waals surface area contributed by atoms with Crippen molar-refractivity contribution in [3.63, 3.8) is 0 Å². The molecule has 1 saturated heterocycles. The Hall–Kier alpha value is -0.260. The van der Waals surface area contributed by atoms with E-state index in [1.165, 1.54) is 0 Å². The zero-order valence-electron chi connectivity index (χ0n) is 8.53. The summed E-state index contributed by atoms with van der Waals surface area (Å²) in [5.41, 5.74) is 0. The third-order valence-corrected chi connectivity index (χ3v) is 3.21. The van der Waals surface area contributed by atoms with Gasteiger partial charge < -0.3 is 15.2 Å². The fourth-order valence-electron chi connectivity index (χ4n) is 1.14. The number of carboxylic acid groups (broad SMARTS) is 1. The molecule has 0 aromatic carbocycles. The molecule has 1 aliphatic rings. The first-order valence-electron chi connectivity index (χ1n) is 4.77. The molecule has 0 saturated carbocycles. The smallest absolute Gasteiger partial charge is 0.321 e. The van der Waals surface area contributed by atoms with Crippen molar-refractivity contribution in [1.82, 2.24) is 5.32 Å². The van der Waals surface area contributed by atoms with Crippen molar-refractivity contribution in [3.8, 4) is 0 Å². The average Bonchev–Trinajstić information content (AvgIpc) is 1.98. The van der Waals surface area contributed by atoms with E-state index in [2.05, 4.69) is 5.32 Å². The van der Waals surface area contributed by atoms with Gasteiger partial charge in [0.15, 0.2) is 0 Å². The minimum Gasteiger partial charge on any atom is -0.480 e. The zero-order valence-corrected chi connectivity index (χ0v) is 9.34. The highest BCUT2D eigenvalue weighted by Crippen LogP contribution is 2.19. The Balaban J connectivity index is 2.23. The van der Waals surface area contributed by atoms with Crippen LogP contribution < -0.4 is 5.32 Å². The summed E-state index contributed by atoms with van der Waals surface area (Å²) >= 11 is 1.67. The maximum absolute atomic E-state index is 10.8. The molecule has 0 bridgehead atoms. The van der Waals surface area contributed by atoms with Crippen molar-refractivity contribution in [2.75, 3.05) is 19.0 Å². The number of aliphatic carboxylic acids is 1. The molecule has 14 heavy (non-hydrogen) atoms. The highest BCUT2D eigenvalue weighted by atomic mass is 32.2. The molecule has 1 atom stereocenters. The second-order valence-corrected chi connectivity index (χ2v) is 5.04. The Morgan fingerprint density at radius 1 is 1.64 bits per heavy atom. The fraction of sp³-hybridized carbons (Fsp3) is 0.889. The number of nitrogens with one attached hydrogen (secondary N) is 1. The molecular formula is C9H17NO3S. The van der Waals surface area contributed by atoms with E-state index in [-0.39, 0.29) is 6.04 Å². The molecule has 2 N–H and O–H groups in total. The van der Waals surface area contributed by atoms with Crippen molar-refractivity contribution >= 4 is 17.7 Å². The molecule has 0 radical (unpaired) electrons. The second kappa shape index (κ2) is 5.58. The molecule has 5 heteroatoms. The van der Waals surface area contributed by atoms with E-state index in [4.69, 9.17) is 9.84 Å². The quantitative estimate of drug-likeness (QED) is 0.684. The van der Waals surface area contributed by atoms with Gasteiger partial charge in [-0.1, -0.05) is 13.8 Å². The van der Waals surface area contributed by atoms with E-state index >= 15 is 0 Å². The molecule has 1 fully saturated rings. The standard InChI is InChI=1S/C9H17NO3S/c1-6(2)10-8(9(11)12)5-14-7-3-13-4-7/h6-8,10H,3-5H2,1-2H3,(H,11,12). The van der Waals surface area contributed by atoms with Crippen LogP contribution in [-0.2, 0) is 9.53 Å². The Bertz CT molecular complexity index is 194. The summed E-state index contributed by atoms with van der Waals surface area (Å²) in [7, 11) is 0. The van der Waals surface area contributed by atoms with E-state index in [0.29, 0.717) is 11.0 Å². The van der Waals surface area contributed by atoms with Crippen LogP contribution in [-0.4, -0.2) is 47.4 Å². The van der Waals surface area contributed by atoms with Gasteiger partial charge in [0.25, 0.3) is 0 Å². The lowest BCUT2D eigenvalue weighted by atomic mass is 10.3. The third-order valence-electron chi connectivity index (χ3n) is 1.94. The Kier molecular flexibility index (Phi) is 4.71. The maximum atomic E-state index is 10.8. The van der Waals surface area contributed by atoms with E-state index in [0.717, 1.165) is 13.2 Å². The fourth-order valence-corrected chi connectivity index (χ4v) is 2.22. The van der Waals surface area contributed by atoms with Gasteiger partial charge in [0, 0.05) is 11.8 Å². The summed E-state index contributed by atoms with van der Waals surface area (Å²) in [6, 6.07) is -0.241. The minimum absolute atomic E-state index is 0.203. The van der Waals surface area contributed by atoms with E-state index < -0.39 is 12.0 Å². The SMILES string of the molecule is CC(C)NC(CSC1COC1)C(=O)O.